The van der Waals surface area contributed by atoms with Gasteiger partial charge in [-0.3, -0.25) is 4.98 Å². The Kier molecular flexibility index (Phi) is 8.81. The van der Waals surface area contributed by atoms with Crippen LogP contribution in [0.1, 0.15) is 40.6 Å². The largest absolute Gasteiger partial charge is 0.487 e. The first-order valence-electron chi connectivity index (χ1n) is 15.3. The Morgan fingerprint density at radius 1 is 0.891 bits per heavy atom. The van der Waals surface area contributed by atoms with Gasteiger partial charge in [-0.25, -0.2) is 0 Å². The highest BCUT2D eigenvalue weighted by Gasteiger charge is 2.29. The zero-order chi connectivity index (χ0) is 31.5. The molecule has 0 spiro atoms. The van der Waals surface area contributed by atoms with Crippen LogP contribution in [-0.4, -0.2) is 14.8 Å². The number of hydrogen-bond donors (Lipinski definition) is 0. The number of aromatic nitrogens is 2. The number of nitrogens with zero attached hydrogens (tertiary/aromatic N) is 3. The van der Waals surface area contributed by atoms with Crippen molar-refractivity contribution in [2.24, 2.45) is 0 Å². The number of thioether (sulfide) groups is 1. The summed E-state index contributed by atoms with van der Waals surface area (Å²) < 4.78 is 15.2. The van der Waals surface area contributed by atoms with Crippen LogP contribution in [0, 0.1) is 11.3 Å². The summed E-state index contributed by atoms with van der Waals surface area (Å²) in [6.45, 7) is 4.13. The van der Waals surface area contributed by atoms with E-state index in [4.69, 9.17) is 26.1 Å². The summed E-state index contributed by atoms with van der Waals surface area (Å²) in [4.78, 5) is 5.94. The fraction of sp³-hybridized carbons (Fsp3) is 0.179. The van der Waals surface area contributed by atoms with Gasteiger partial charge in [0.15, 0.2) is 0 Å². The van der Waals surface area contributed by atoms with E-state index in [1.54, 1.807) is 0 Å². The molecule has 0 saturated carbocycles. The van der Waals surface area contributed by atoms with Crippen molar-refractivity contribution < 1.29 is 9.47 Å². The van der Waals surface area contributed by atoms with Crippen LogP contribution >= 0.6 is 23.4 Å². The Morgan fingerprint density at radius 2 is 1.70 bits per heavy atom. The number of hydrogen-bond acceptors (Lipinski definition) is 5. The number of nitriles is 1. The standard InChI is InChI=1S/C39H32ClN3O2S/c1-26-19-34-37(45-24-33-16-13-30(21-42-33)28-7-3-2-4-8-28)18-17-35-38(34)39(46-26)36(43(35)22-27-11-14-32(40)15-12-27)25-44-23-31-10-6-5-9-29(31)20-41/h2-18,21,26H,19,22-25H2,1H3. The van der Waals surface area contributed by atoms with Gasteiger partial charge < -0.3 is 14.0 Å². The summed E-state index contributed by atoms with van der Waals surface area (Å²) >= 11 is 8.12. The minimum absolute atomic E-state index is 0.364. The van der Waals surface area contributed by atoms with Gasteiger partial charge in [0.1, 0.15) is 12.4 Å². The Hall–Kier alpha value is -4.54. The number of rotatable bonds is 10. The average molecular weight is 642 g/mol. The molecular formula is C39H32ClN3O2S. The highest BCUT2D eigenvalue weighted by Crippen LogP contribution is 2.47. The van der Waals surface area contributed by atoms with Crippen LogP contribution in [0.2, 0.25) is 5.02 Å². The van der Waals surface area contributed by atoms with Crippen LogP contribution < -0.4 is 4.74 Å². The minimum atomic E-state index is 0.364. The lowest BCUT2D eigenvalue weighted by molar-refractivity contribution is 0.101. The molecule has 1 aliphatic heterocycles. The third-order valence-corrected chi connectivity index (χ3v) is 9.86. The van der Waals surface area contributed by atoms with Gasteiger partial charge in [-0.15, -0.1) is 11.8 Å². The molecule has 46 heavy (non-hydrogen) atoms. The second-order valence-corrected chi connectivity index (χ2v) is 13.4. The predicted octanol–water partition coefficient (Wildman–Crippen LogP) is 9.61. The fourth-order valence-electron chi connectivity index (χ4n) is 6.07. The van der Waals surface area contributed by atoms with E-state index in [0.29, 0.717) is 37.2 Å². The number of pyridine rings is 1. The van der Waals surface area contributed by atoms with Gasteiger partial charge in [0.05, 0.1) is 41.8 Å². The lowest BCUT2D eigenvalue weighted by atomic mass is 10.0. The van der Waals surface area contributed by atoms with Crippen molar-refractivity contribution in [1.29, 1.82) is 5.26 Å². The van der Waals surface area contributed by atoms with Gasteiger partial charge in [0.2, 0.25) is 0 Å². The molecular weight excluding hydrogens is 610 g/mol. The van der Waals surface area contributed by atoms with E-state index in [2.05, 4.69) is 60.0 Å². The van der Waals surface area contributed by atoms with Gasteiger partial charge in [0.25, 0.3) is 0 Å². The zero-order valence-corrected chi connectivity index (χ0v) is 27.0. The monoisotopic (exact) mass is 641 g/mol. The highest BCUT2D eigenvalue weighted by molar-refractivity contribution is 8.00. The second-order valence-electron chi connectivity index (χ2n) is 11.5. The molecule has 1 atom stereocenters. The molecule has 1 aliphatic rings. The lowest BCUT2D eigenvalue weighted by Gasteiger charge is -2.22. The van der Waals surface area contributed by atoms with E-state index in [0.717, 1.165) is 56.4 Å². The molecule has 7 rings (SSSR count). The Labute approximate surface area is 278 Å². The smallest absolute Gasteiger partial charge is 0.130 e. The van der Waals surface area contributed by atoms with Crippen LogP contribution in [0.4, 0.5) is 0 Å². The van der Waals surface area contributed by atoms with E-state index < -0.39 is 0 Å². The van der Waals surface area contributed by atoms with Crippen molar-refractivity contribution in [2.45, 2.75) is 49.9 Å². The molecule has 7 heteroatoms. The number of ether oxygens (including phenoxy) is 2. The molecule has 4 aromatic carbocycles. The van der Waals surface area contributed by atoms with Gasteiger partial charge >= 0.3 is 0 Å². The van der Waals surface area contributed by atoms with Crippen molar-refractivity contribution >= 4 is 34.3 Å². The molecule has 0 aliphatic carbocycles. The van der Waals surface area contributed by atoms with E-state index in [9.17, 15) is 5.26 Å². The van der Waals surface area contributed by atoms with Gasteiger partial charge in [-0.2, -0.15) is 5.26 Å². The lowest BCUT2D eigenvalue weighted by Crippen LogP contribution is -2.10. The third-order valence-electron chi connectivity index (χ3n) is 8.36. The first-order chi connectivity index (χ1) is 22.6. The van der Waals surface area contributed by atoms with E-state index in [-0.39, 0.29) is 0 Å². The third kappa shape index (κ3) is 6.27. The van der Waals surface area contributed by atoms with Gasteiger partial charge in [0, 0.05) is 44.4 Å². The summed E-state index contributed by atoms with van der Waals surface area (Å²) in [7, 11) is 0. The molecule has 0 fully saturated rings. The maximum Gasteiger partial charge on any atom is 0.130 e. The van der Waals surface area contributed by atoms with Crippen LogP contribution in [0.25, 0.3) is 22.0 Å². The van der Waals surface area contributed by atoms with Crippen molar-refractivity contribution in [3.8, 4) is 22.9 Å². The normalized spacial score (nSPS) is 13.9. The molecule has 5 nitrogen and oxygen atoms in total. The van der Waals surface area contributed by atoms with Crippen molar-refractivity contribution in [1.82, 2.24) is 9.55 Å². The fourth-order valence-corrected chi connectivity index (χ4v) is 7.50. The zero-order valence-electron chi connectivity index (χ0n) is 25.4. The number of benzene rings is 4. The molecule has 2 aromatic heterocycles. The van der Waals surface area contributed by atoms with Crippen LogP contribution in [0.15, 0.2) is 114 Å². The number of halogens is 1. The maximum atomic E-state index is 9.57. The van der Waals surface area contributed by atoms with Crippen molar-refractivity contribution in [3.63, 3.8) is 0 Å². The Bertz CT molecular complexity index is 2030. The second kappa shape index (κ2) is 13.4. The quantitative estimate of drug-likeness (QED) is 0.149. The molecule has 0 amide bonds. The first-order valence-corrected chi connectivity index (χ1v) is 16.6. The van der Waals surface area contributed by atoms with E-state index in [1.807, 2.05) is 78.6 Å². The maximum absolute atomic E-state index is 9.57. The van der Waals surface area contributed by atoms with Crippen LogP contribution in [0.5, 0.6) is 5.75 Å². The molecule has 0 radical (unpaired) electrons. The average Bonchev–Trinajstić information content (AvgIpc) is 3.38. The Morgan fingerprint density at radius 3 is 2.48 bits per heavy atom. The van der Waals surface area contributed by atoms with Crippen LogP contribution in [-0.2, 0) is 37.5 Å². The molecule has 0 saturated heterocycles. The van der Waals surface area contributed by atoms with Crippen molar-refractivity contribution in [3.05, 3.63) is 148 Å². The van der Waals surface area contributed by atoms with Gasteiger partial charge in [-0.05, 0) is 59.5 Å². The summed E-state index contributed by atoms with van der Waals surface area (Å²) in [5, 5.41) is 11.9. The first kappa shape index (κ1) is 30.1. The topological polar surface area (TPSA) is 60.1 Å². The van der Waals surface area contributed by atoms with E-state index in [1.165, 1.54) is 15.8 Å². The van der Waals surface area contributed by atoms with Gasteiger partial charge in [-0.1, -0.05) is 85.3 Å². The predicted molar refractivity (Wildman–Crippen MR) is 185 cm³/mol. The molecule has 3 heterocycles. The van der Waals surface area contributed by atoms with E-state index >= 15 is 0 Å². The molecule has 0 bridgehead atoms. The highest BCUT2D eigenvalue weighted by atomic mass is 35.5. The summed E-state index contributed by atoms with van der Waals surface area (Å²) in [6.07, 6.45) is 2.82. The molecule has 0 N–H and O–H groups in total. The summed E-state index contributed by atoms with van der Waals surface area (Å²) in [5.74, 6) is 0.897. The summed E-state index contributed by atoms with van der Waals surface area (Å²) in [5.41, 5.74) is 9.33. The minimum Gasteiger partial charge on any atom is -0.487 e. The van der Waals surface area contributed by atoms with Crippen LogP contribution in [0.3, 0.4) is 0 Å². The molecule has 228 valence electrons. The molecule has 1 unspecified atom stereocenters. The Balaban J connectivity index is 1.21. The molecule has 6 aromatic rings. The summed E-state index contributed by atoms with van der Waals surface area (Å²) in [6, 6.07) is 36.6. The SMILES string of the molecule is CC1Cc2c(OCc3ccc(-c4ccccc4)cn3)ccc3c2c(c(COCc2ccccc2C#N)n3Cc2ccc(Cl)cc2)S1. The van der Waals surface area contributed by atoms with Crippen molar-refractivity contribution in [2.75, 3.05) is 0 Å².